The summed E-state index contributed by atoms with van der Waals surface area (Å²) in [6.45, 7) is 0. The summed E-state index contributed by atoms with van der Waals surface area (Å²) < 4.78 is 4.76. The number of nitrogens with two attached hydrogens (primary N) is 1. The molecule has 72 valence electrons. The quantitative estimate of drug-likeness (QED) is 0.493. The van der Waals surface area contributed by atoms with Crippen molar-refractivity contribution in [3.63, 3.8) is 0 Å². The monoisotopic (exact) mass is 194 g/mol. The van der Waals surface area contributed by atoms with E-state index in [0.29, 0.717) is 0 Å². The van der Waals surface area contributed by atoms with Crippen LogP contribution in [0.2, 0.25) is 0 Å². The number of hydrogen-bond donors (Lipinski definition) is 2. The molecule has 0 saturated carbocycles. The lowest BCUT2D eigenvalue weighted by atomic mass is 10.4. The number of esters is 1. The Morgan fingerprint density at radius 2 is 2.50 bits per heavy atom. The van der Waals surface area contributed by atoms with Crippen LogP contribution in [0.1, 0.15) is 10.4 Å². The second kappa shape index (κ2) is 3.00. The third-order valence-electron chi connectivity index (χ3n) is 1.47. The fraction of sp³-hybridized carbons (Fsp3) is 0.167. The first-order valence-corrected chi connectivity index (χ1v) is 3.66. The molecule has 1 unspecified atom stereocenters. The normalized spacial score (nSPS) is 24.1. The molecule has 1 aromatic heterocycles. The van der Waals surface area contributed by atoms with Crippen LogP contribution in [0.4, 0.5) is 0 Å². The summed E-state index contributed by atoms with van der Waals surface area (Å²) in [4.78, 5) is 14.9. The number of azo groups is 1. The van der Waals surface area contributed by atoms with Crippen LogP contribution in [-0.2, 0) is 4.74 Å². The van der Waals surface area contributed by atoms with E-state index in [9.17, 15) is 4.79 Å². The summed E-state index contributed by atoms with van der Waals surface area (Å²) in [5.74, 6) is -2.40. The van der Waals surface area contributed by atoms with Crippen molar-refractivity contribution in [2.24, 2.45) is 21.0 Å². The van der Waals surface area contributed by atoms with Crippen molar-refractivity contribution in [3.8, 4) is 0 Å². The molecule has 1 atom stereocenters. The van der Waals surface area contributed by atoms with Gasteiger partial charge >= 0.3 is 11.9 Å². The molecular formula is C6H6N6O2. The number of ether oxygens (including phenoxy) is 1. The third-order valence-corrected chi connectivity index (χ3v) is 1.47. The molecule has 0 fully saturated rings. The summed E-state index contributed by atoms with van der Waals surface area (Å²) >= 11 is 0. The predicted molar refractivity (Wildman–Crippen MR) is 44.3 cm³/mol. The number of aromatic nitrogens is 2. The van der Waals surface area contributed by atoms with Crippen LogP contribution in [0, 0.1) is 0 Å². The molecule has 8 nitrogen and oxygen atoms in total. The van der Waals surface area contributed by atoms with Gasteiger partial charge in [0, 0.05) is 6.20 Å². The molecule has 0 aliphatic carbocycles. The van der Waals surface area contributed by atoms with E-state index in [4.69, 9.17) is 10.5 Å². The lowest BCUT2D eigenvalue weighted by Gasteiger charge is -2.14. The standard InChI is InChI=1S/C6H6N6O2/c7-6(8-3-11-12-6)14-5(13)4-1-9-10-2-4/h1-3H,7H2,(H,9,10). The van der Waals surface area contributed by atoms with E-state index < -0.39 is 11.9 Å². The number of carbonyl (C=O) groups is 1. The van der Waals surface area contributed by atoms with Gasteiger partial charge in [0.15, 0.2) is 0 Å². The highest BCUT2D eigenvalue weighted by molar-refractivity contribution is 5.89. The Morgan fingerprint density at radius 1 is 1.64 bits per heavy atom. The van der Waals surface area contributed by atoms with E-state index >= 15 is 0 Å². The third kappa shape index (κ3) is 1.50. The van der Waals surface area contributed by atoms with Crippen molar-refractivity contribution < 1.29 is 9.53 Å². The summed E-state index contributed by atoms with van der Waals surface area (Å²) in [5.41, 5.74) is 5.68. The molecule has 1 aliphatic rings. The average Bonchev–Trinajstić information content (AvgIpc) is 2.74. The zero-order chi connectivity index (χ0) is 10.0. The van der Waals surface area contributed by atoms with Gasteiger partial charge in [0.25, 0.3) is 0 Å². The van der Waals surface area contributed by atoms with Gasteiger partial charge in [-0.1, -0.05) is 5.11 Å². The van der Waals surface area contributed by atoms with E-state index in [1.165, 1.54) is 12.4 Å². The van der Waals surface area contributed by atoms with Crippen LogP contribution < -0.4 is 5.73 Å². The zero-order valence-corrected chi connectivity index (χ0v) is 6.91. The number of H-pyrrole nitrogens is 1. The number of hydrogen-bond acceptors (Lipinski definition) is 7. The fourth-order valence-corrected chi connectivity index (χ4v) is 0.848. The number of nitrogens with zero attached hydrogens (tertiary/aromatic N) is 4. The number of aliphatic imine (C=N–C) groups is 1. The molecule has 14 heavy (non-hydrogen) atoms. The van der Waals surface area contributed by atoms with Crippen molar-refractivity contribution >= 4 is 12.3 Å². The first kappa shape index (κ1) is 8.51. The van der Waals surface area contributed by atoms with Gasteiger partial charge in [-0.05, 0) is 0 Å². The molecule has 2 heterocycles. The topological polar surface area (TPSA) is 118 Å². The maximum absolute atomic E-state index is 11.3. The van der Waals surface area contributed by atoms with E-state index in [-0.39, 0.29) is 5.56 Å². The van der Waals surface area contributed by atoms with Crippen LogP contribution in [0.15, 0.2) is 27.6 Å². The Balaban J connectivity index is 2.09. The van der Waals surface area contributed by atoms with Crippen LogP contribution in [0.3, 0.4) is 0 Å². The lowest BCUT2D eigenvalue weighted by molar-refractivity contribution is -0.00718. The van der Waals surface area contributed by atoms with Gasteiger partial charge in [-0.3, -0.25) is 10.8 Å². The predicted octanol–water partition coefficient (Wildman–Crippen LogP) is -0.369. The molecule has 0 aromatic carbocycles. The summed E-state index contributed by atoms with van der Waals surface area (Å²) in [6.07, 6.45) is 3.80. The van der Waals surface area contributed by atoms with E-state index in [1.54, 1.807) is 0 Å². The van der Waals surface area contributed by atoms with E-state index in [0.717, 1.165) is 6.34 Å². The summed E-state index contributed by atoms with van der Waals surface area (Å²) in [7, 11) is 0. The Hall–Kier alpha value is -2.09. The van der Waals surface area contributed by atoms with Crippen molar-refractivity contribution in [3.05, 3.63) is 18.0 Å². The molecule has 8 heteroatoms. The Kier molecular flexibility index (Phi) is 1.82. The molecule has 0 bridgehead atoms. The molecule has 0 saturated heterocycles. The maximum Gasteiger partial charge on any atom is 0.383 e. The highest BCUT2D eigenvalue weighted by Crippen LogP contribution is 2.14. The molecular weight excluding hydrogens is 188 g/mol. The van der Waals surface area contributed by atoms with Gasteiger partial charge in [-0.15, -0.1) is 5.11 Å². The van der Waals surface area contributed by atoms with Crippen LogP contribution >= 0.6 is 0 Å². The van der Waals surface area contributed by atoms with E-state index in [1.807, 2.05) is 0 Å². The first-order valence-electron chi connectivity index (χ1n) is 3.66. The van der Waals surface area contributed by atoms with Crippen molar-refractivity contribution in [2.75, 3.05) is 0 Å². The van der Waals surface area contributed by atoms with Crippen molar-refractivity contribution in [2.45, 2.75) is 5.97 Å². The SMILES string of the molecule is NC1(OC(=O)c2cn[nH]c2)N=CN=N1. The smallest absolute Gasteiger partial charge is 0.383 e. The molecule has 1 aliphatic heterocycles. The minimum absolute atomic E-state index is 0.243. The Bertz CT molecular complexity index is 382. The average molecular weight is 194 g/mol. The van der Waals surface area contributed by atoms with Gasteiger partial charge in [-0.2, -0.15) is 10.1 Å². The molecule has 0 radical (unpaired) electrons. The largest absolute Gasteiger partial charge is 0.398 e. The maximum atomic E-state index is 11.3. The zero-order valence-electron chi connectivity index (χ0n) is 6.91. The van der Waals surface area contributed by atoms with Crippen LogP contribution in [0.5, 0.6) is 0 Å². The summed E-state index contributed by atoms with van der Waals surface area (Å²) in [5, 5.41) is 12.8. The van der Waals surface area contributed by atoms with Gasteiger partial charge in [0.2, 0.25) is 0 Å². The number of carbonyl (C=O) groups excluding carboxylic acids is 1. The van der Waals surface area contributed by atoms with Gasteiger partial charge < -0.3 is 4.74 Å². The van der Waals surface area contributed by atoms with Gasteiger partial charge in [-0.25, -0.2) is 4.79 Å². The second-order valence-electron chi connectivity index (χ2n) is 2.50. The molecule has 0 amide bonds. The second-order valence-corrected chi connectivity index (χ2v) is 2.50. The summed E-state index contributed by atoms with van der Waals surface area (Å²) in [6, 6.07) is 0. The Labute approximate surface area is 77.9 Å². The van der Waals surface area contributed by atoms with Crippen LogP contribution in [-0.4, -0.2) is 28.5 Å². The fourth-order valence-electron chi connectivity index (χ4n) is 0.848. The lowest BCUT2D eigenvalue weighted by Crippen LogP contribution is -2.39. The van der Waals surface area contributed by atoms with Crippen molar-refractivity contribution in [1.29, 1.82) is 0 Å². The minimum atomic E-state index is -1.73. The molecule has 3 N–H and O–H groups in total. The molecule has 2 rings (SSSR count). The molecule has 0 spiro atoms. The van der Waals surface area contributed by atoms with Gasteiger partial charge in [0.05, 0.1) is 11.8 Å². The highest BCUT2D eigenvalue weighted by Gasteiger charge is 2.31. The van der Waals surface area contributed by atoms with Gasteiger partial charge in [0.1, 0.15) is 6.34 Å². The highest BCUT2D eigenvalue weighted by atomic mass is 16.6. The van der Waals surface area contributed by atoms with Crippen molar-refractivity contribution in [1.82, 2.24) is 10.2 Å². The number of aromatic amines is 1. The first-order chi connectivity index (χ1) is 6.70. The van der Waals surface area contributed by atoms with E-state index in [2.05, 4.69) is 25.4 Å². The number of rotatable bonds is 2. The number of nitrogens with one attached hydrogen (secondary N) is 1. The molecule has 1 aromatic rings. The minimum Gasteiger partial charge on any atom is -0.398 e. The van der Waals surface area contributed by atoms with Crippen LogP contribution in [0.25, 0.3) is 0 Å². The Morgan fingerprint density at radius 3 is 3.07 bits per heavy atom.